The molecular weight excluding hydrogens is 408 g/mol. The Morgan fingerprint density at radius 3 is 2.23 bits per heavy atom. The molecule has 1 aliphatic rings. The highest BCUT2D eigenvalue weighted by Gasteiger charge is 2.24. The molecule has 2 aromatic carbocycles. The number of piperidine rings is 1. The molecule has 1 heterocycles. The van der Waals surface area contributed by atoms with Crippen molar-refractivity contribution in [2.45, 2.75) is 51.3 Å². The molecule has 1 saturated heterocycles. The van der Waals surface area contributed by atoms with Crippen molar-refractivity contribution in [1.29, 1.82) is 0 Å². The van der Waals surface area contributed by atoms with Crippen LogP contribution in [-0.4, -0.2) is 38.9 Å². The lowest BCUT2D eigenvalue weighted by molar-refractivity contribution is 0.0687. The molecule has 0 aromatic heterocycles. The summed E-state index contributed by atoms with van der Waals surface area (Å²) in [5.74, 6) is 1.05. The second-order valence-corrected chi connectivity index (χ2v) is 10.8. The summed E-state index contributed by atoms with van der Waals surface area (Å²) < 4.78 is 27.9. The van der Waals surface area contributed by atoms with Gasteiger partial charge in [-0.2, -0.15) is 0 Å². The Morgan fingerprint density at radius 1 is 1.03 bits per heavy atom. The molecule has 1 N–H and O–H groups in total. The van der Waals surface area contributed by atoms with Gasteiger partial charge in [0.1, 0.15) is 0 Å². The number of nitrogens with one attached hydrogen (secondary N) is 1. The monoisotopic (exact) mass is 442 g/mol. The lowest BCUT2D eigenvalue weighted by Crippen LogP contribution is -2.39. The molecule has 168 valence electrons. The topological polar surface area (TPSA) is 66.5 Å². The van der Waals surface area contributed by atoms with Gasteiger partial charge in [0.05, 0.1) is 4.90 Å². The fraction of sp³-hybridized carbons (Fsp3) is 0.480. The molecular formula is C25H34N2O3S. The van der Waals surface area contributed by atoms with Crippen LogP contribution in [0.5, 0.6) is 0 Å². The third-order valence-electron chi connectivity index (χ3n) is 5.92. The van der Waals surface area contributed by atoms with E-state index in [-0.39, 0.29) is 5.91 Å². The van der Waals surface area contributed by atoms with Gasteiger partial charge in [0.2, 0.25) is 10.0 Å². The number of likely N-dealkylation sites (tertiary alicyclic amines) is 1. The smallest absolute Gasteiger partial charge is 0.253 e. The van der Waals surface area contributed by atoms with Gasteiger partial charge in [0.15, 0.2) is 0 Å². The maximum atomic E-state index is 12.6. The number of nitrogens with zero attached hydrogens (tertiary/aromatic N) is 1. The lowest BCUT2D eigenvalue weighted by Gasteiger charge is -2.32. The van der Waals surface area contributed by atoms with E-state index >= 15 is 0 Å². The number of hydrogen-bond donors (Lipinski definition) is 1. The third kappa shape index (κ3) is 6.65. The van der Waals surface area contributed by atoms with Gasteiger partial charge in [-0.05, 0) is 74.3 Å². The molecule has 0 spiro atoms. The molecule has 0 saturated carbocycles. The minimum absolute atomic E-state index is 0.0834. The van der Waals surface area contributed by atoms with Crippen molar-refractivity contribution in [3.8, 4) is 0 Å². The van der Waals surface area contributed by atoms with E-state index in [0.29, 0.717) is 23.3 Å². The van der Waals surface area contributed by atoms with Crippen LogP contribution in [0.1, 0.15) is 54.6 Å². The van der Waals surface area contributed by atoms with Crippen LogP contribution in [0.15, 0.2) is 53.4 Å². The van der Waals surface area contributed by atoms with Crippen LogP contribution in [-0.2, 0) is 16.4 Å². The number of rotatable bonds is 8. The number of aryl methyl sites for hydroxylation is 1. The number of carbonyl (C=O) groups excluding carboxylic acids is 1. The normalized spacial score (nSPS) is 15.4. The van der Waals surface area contributed by atoms with Crippen LogP contribution in [0.4, 0.5) is 0 Å². The summed E-state index contributed by atoms with van der Waals surface area (Å²) in [6.45, 7) is 8.18. The molecule has 3 rings (SSSR count). The lowest BCUT2D eigenvalue weighted by atomic mass is 9.93. The Balaban J connectivity index is 1.44. The highest BCUT2D eigenvalue weighted by atomic mass is 32.2. The van der Waals surface area contributed by atoms with Crippen LogP contribution in [0, 0.1) is 18.8 Å². The summed E-state index contributed by atoms with van der Waals surface area (Å²) in [5.41, 5.74) is 3.03. The summed E-state index contributed by atoms with van der Waals surface area (Å²) in [6.07, 6.45) is 3.54. The van der Waals surface area contributed by atoms with E-state index in [4.69, 9.17) is 0 Å². The van der Waals surface area contributed by atoms with Crippen LogP contribution < -0.4 is 4.72 Å². The van der Waals surface area contributed by atoms with Gasteiger partial charge in [-0.15, -0.1) is 0 Å². The standard InChI is InChI=1S/C25H34N2O3S/c1-19(2)18-22-6-10-24(11-7-22)31(29,30)26-15-12-21-13-16-27(17-14-21)25(28)23-8-4-20(3)5-9-23/h4-11,19,21,26H,12-18H2,1-3H3. The van der Waals surface area contributed by atoms with E-state index in [1.54, 1.807) is 12.1 Å². The first kappa shape index (κ1) is 23.5. The predicted molar refractivity (Wildman–Crippen MR) is 125 cm³/mol. The van der Waals surface area contributed by atoms with Crippen molar-refractivity contribution in [3.05, 3.63) is 65.2 Å². The minimum atomic E-state index is -3.48. The highest BCUT2D eigenvalue weighted by molar-refractivity contribution is 7.89. The zero-order valence-electron chi connectivity index (χ0n) is 18.8. The van der Waals surface area contributed by atoms with Crippen molar-refractivity contribution in [2.75, 3.05) is 19.6 Å². The zero-order valence-corrected chi connectivity index (χ0v) is 19.6. The van der Waals surface area contributed by atoms with Crippen molar-refractivity contribution >= 4 is 15.9 Å². The molecule has 5 nitrogen and oxygen atoms in total. The van der Waals surface area contributed by atoms with Gasteiger partial charge in [0, 0.05) is 25.2 Å². The quantitative estimate of drug-likeness (QED) is 0.658. The fourth-order valence-corrected chi connectivity index (χ4v) is 5.11. The molecule has 31 heavy (non-hydrogen) atoms. The van der Waals surface area contributed by atoms with Crippen molar-refractivity contribution < 1.29 is 13.2 Å². The van der Waals surface area contributed by atoms with Crippen LogP contribution >= 0.6 is 0 Å². The molecule has 1 aliphatic heterocycles. The first-order chi connectivity index (χ1) is 14.7. The Kier molecular flexibility index (Phi) is 7.89. The van der Waals surface area contributed by atoms with Gasteiger partial charge in [-0.25, -0.2) is 13.1 Å². The highest BCUT2D eigenvalue weighted by Crippen LogP contribution is 2.22. The molecule has 1 fully saturated rings. The van der Waals surface area contributed by atoms with E-state index in [1.807, 2.05) is 48.2 Å². The molecule has 6 heteroatoms. The van der Waals surface area contributed by atoms with Crippen LogP contribution in [0.2, 0.25) is 0 Å². The summed E-state index contributed by atoms with van der Waals surface area (Å²) in [4.78, 5) is 14.9. The molecule has 0 bridgehead atoms. The number of carbonyl (C=O) groups is 1. The second kappa shape index (κ2) is 10.4. The van der Waals surface area contributed by atoms with Crippen LogP contribution in [0.3, 0.4) is 0 Å². The van der Waals surface area contributed by atoms with E-state index in [1.165, 1.54) is 0 Å². The maximum Gasteiger partial charge on any atom is 0.253 e. The first-order valence-electron chi connectivity index (χ1n) is 11.2. The number of amides is 1. The van der Waals surface area contributed by atoms with E-state index < -0.39 is 10.0 Å². The largest absolute Gasteiger partial charge is 0.339 e. The van der Waals surface area contributed by atoms with Gasteiger partial charge in [-0.3, -0.25) is 4.79 Å². The average molecular weight is 443 g/mol. The van der Waals surface area contributed by atoms with Gasteiger partial charge < -0.3 is 4.90 Å². The van der Waals surface area contributed by atoms with E-state index in [9.17, 15) is 13.2 Å². The molecule has 2 aromatic rings. The van der Waals surface area contributed by atoms with Crippen LogP contribution in [0.25, 0.3) is 0 Å². The molecule has 1 amide bonds. The summed E-state index contributed by atoms with van der Waals surface area (Å²) in [6, 6.07) is 14.9. The Hall–Kier alpha value is -2.18. The van der Waals surface area contributed by atoms with E-state index in [0.717, 1.165) is 55.5 Å². The van der Waals surface area contributed by atoms with Crippen molar-refractivity contribution in [3.63, 3.8) is 0 Å². The summed E-state index contributed by atoms with van der Waals surface area (Å²) in [5, 5.41) is 0. The molecule has 0 unspecified atom stereocenters. The predicted octanol–water partition coefficient (Wildman–Crippen LogP) is 4.41. The number of sulfonamides is 1. The summed E-state index contributed by atoms with van der Waals surface area (Å²) in [7, 11) is -3.48. The zero-order chi connectivity index (χ0) is 22.4. The Labute approximate surface area is 186 Å². The van der Waals surface area contributed by atoms with Crippen molar-refractivity contribution in [2.24, 2.45) is 11.8 Å². The van der Waals surface area contributed by atoms with Gasteiger partial charge >= 0.3 is 0 Å². The number of hydrogen-bond acceptors (Lipinski definition) is 3. The minimum Gasteiger partial charge on any atom is -0.339 e. The van der Waals surface area contributed by atoms with Crippen molar-refractivity contribution in [1.82, 2.24) is 9.62 Å². The maximum absolute atomic E-state index is 12.6. The van der Waals surface area contributed by atoms with Gasteiger partial charge in [0.25, 0.3) is 5.91 Å². The van der Waals surface area contributed by atoms with E-state index in [2.05, 4.69) is 18.6 Å². The summed E-state index contributed by atoms with van der Waals surface area (Å²) >= 11 is 0. The fourth-order valence-electron chi connectivity index (χ4n) is 4.06. The SMILES string of the molecule is Cc1ccc(C(=O)N2CCC(CCNS(=O)(=O)c3ccc(CC(C)C)cc3)CC2)cc1. The molecule has 0 atom stereocenters. The number of benzene rings is 2. The van der Waals surface area contributed by atoms with Gasteiger partial charge in [-0.1, -0.05) is 43.7 Å². The molecule has 0 aliphatic carbocycles. The molecule has 0 radical (unpaired) electrons. The Bertz CT molecular complexity index is 959. The third-order valence-corrected chi connectivity index (χ3v) is 7.40. The average Bonchev–Trinajstić information content (AvgIpc) is 2.74. The Morgan fingerprint density at radius 2 is 1.65 bits per heavy atom. The second-order valence-electron chi connectivity index (χ2n) is 9.03. The first-order valence-corrected chi connectivity index (χ1v) is 12.7.